The summed E-state index contributed by atoms with van der Waals surface area (Å²) in [5.74, 6) is 1.08. The Hall–Kier alpha value is -0.747. The molecule has 0 spiro atoms. The van der Waals surface area contributed by atoms with Crippen molar-refractivity contribution in [3.8, 4) is 0 Å². The maximum Gasteiger partial charge on any atom is -1.00 e. The number of allylic oxidation sites excluding steroid dienone is 16. The molecular weight excluding hydrogens is 498 g/mol. The predicted octanol–water partition coefficient (Wildman–Crippen LogP) is 1.58. The molecule has 1 fully saturated rings. The van der Waals surface area contributed by atoms with E-state index >= 15 is 0 Å². The smallest absolute Gasteiger partial charge is 1.00 e. The summed E-state index contributed by atoms with van der Waals surface area (Å²) >= 11 is -1.99. The van der Waals surface area contributed by atoms with Gasteiger partial charge in [-0.2, -0.15) is 0 Å². The molecule has 5 aliphatic rings. The molecule has 4 atom stereocenters. The van der Waals surface area contributed by atoms with Crippen molar-refractivity contribution in [3.05, 3.63) is 95.2 Å². The molecule has 0 N–H and O–H groups in total. The summed E-state index contributed by atoms with van der Waals surface area (Å²) in [6.45, 7) is 4.72. The van der Waals surface area contributed by atoms with Gasteiger partial charge in [0.1, 0.15) is 0 Å². The Kier molecular flexibility index (Phi) is 8.76. The van der Waals surface area contributed by atoms with Gasteiger partial charge in [0.2, 0.25) is 0 Å². The van der Waals surface area contributed by atoms with Crippen molar-refractivity contribution in [1.82, 2.24) is 0 Å². The van der Waals surface area contributed by atoms with Gasteiger partial charge < -0.3 is 24.8 Å². The second-order valence-electron chi connectivity index (χ2n) is 9.18. The average molecular weight is 531 g/mol. The zero-order valence-electron chi connectivity index (χ0n) is 18.5. The van der Waals surface area contributed by atoms with E-state index in [0.717, 1.165) is 0 Å². The molecule has 0 aromatic rings. The molecule has 0 radical (unpaired) electrons. The normalized spacial score (nSPS) is 30.3. The van der Waals surface area contributed by atoms with Crippen molar-refractivity contribution in [3.63, 3.8) is 0 Å². The van der Waals surface area contributed by atoms with Crippen molar-refractivity contribution in [1.29, 1.82) is 0 Å². The van der Waals surface area contributed by atoms with E-state index in [2.05, 4.69) is 86.8 Å². The summed E-state index contributed by atoms with van der Waals surface area (Å²) in [5.41, 5.74) is 6.47. The summed E-state index contributed by atoms with van der Waals surface area (Å²) in [5, 5.41) is 0. The molecule has 0 saturated heterocycles. The Morgan fingerprint density at radius 1 is 0.581 bits per heavy atom. The van der Waals surface area contributed by atoms with E-state index in [4.69, 9.17) is 0 Å². The van der Waals surface area contributed by atoms with E-state index in [1.807, 2.05) is 3.21 Å². The third kappa shape index (κ3) is 4.80. The van der Waals surface area contributed by atoms with Crippen molar-refractivity contribution in [2.45, 2.75) is 53.2 Å². The first kappa shape index (κ1) is 24.9. The number of hydrogen-bond donors (Lipinski definition) is 0. The number of hydrogen-bond acceptors (Lipinski definition) is 0. The van der Waals surface area contributed by atoms with Gasteiger partial charge in [0.15, 0.2) is 0 Å². The van der Waals surface area contributed by atoms with Crippen LogP contribution < -0.4 is 24.8 Å². The second kappa shape index (κ2) is 10.9. The minimum Gasteiger partial charge on any atom is -1.00 e. The fourth-order valence-corrected chi connectivity index (χ4v) is 15.7. The molecule has 0 bridgehead atoms. The van der Waals surface area contributed by atoms with Crippen LogP contribution in [0.1, 0.15) is 46.0 Å². The number of rotatable bonds is 2. The van der Waals surface area contributed by atoms with Gasteiger partial charge in [-0.05, 0) is 0 Å². The minimum absolute atomic E-state index is 0. The molecule has 0 amide bonds. The Morgan fingerprint density at radius 2 is 1.06 bits per heavy atom. The zero-order valence-corrected chi connectivity index (χ0v) is 22.5. The standard InChI is InChI=1S/2C11H11.C6H10.2ClH.Zr/c2*1-9-5-2-3-6-10-7-4-8-11(9)10;1-2-4-6-5-3-1;;;/h2*2-9H,1H3;1-5H2;2*1H;/q;;;;;+2/p-2. The van der Waals surface area contributed by atoms with Crippen LogP contribution in [0.25, 0.3) is 0 Å². The minimum atomic E-state index is -1.99. The van der Waals surface area contributed by atoms with Gasteiger partial charge in [-0.25, -0.2) is 0 Å². The summed E-state index contributed by atoms with van der Waals surface area (Å²) in [4.78, 5) is 0. The molecule has 3 heteroatoms. The molecule has 31 heavy (non-hydrogen) atoms. The van der Waals surface area contributed by atoms with Crippen LogP contribution in [-0.4, -0.2) is 3.21 Å². The molecule has 162 valence electrons. The Morgan fingerprint density at radius 3 is 1.55 bits per heavy atom. The fourth-order valence-electron chi connectivity index (χ4n) is 5.82. The predicted molar refractivity (Wildman–Crippen MR) is 123 cm³/mol. The summed E-state index contributed by atoms with van der Waals surface area (Å²) in [6, 6.07) is 0. The topological polar surface area (TPSA) is 0 Å². The van der Waals surface area contributed by atoms with Gasteiger partial charge in [-0.1, -0.05) is 0 Å². The van der Waals surface area contributed by atoms with Gasteiger partial charge in [0.05, 0.1) is 0 Å². The Bertz CT molecular complexity index is 904. The second-order valence-corrected chi connectivity index (χ2v) is 16.2. The maximum atomic E-state index is 2.62. The van der Waals surface area contributed by atoms with Crippen LogP contribution in [0, 0.1) is 11.8 Å². The SMILES string of the molecule is CC1C=CC=CC2=C1C=C[CH]2[Zr+2](=[C]1CCCCC1)[CH]1C=CC2=C1C=CC=CC2C.[Cl-].[Cl-]. The van der Waals surface area contributed by atoms with Crippen molar-refractivity contribution >= 4 is 3.21 Å². The fraction of sp³-hybridized carbons (Fsp3) is 0.393. The summed E-state index contributed by atoms with van der Waals surface area (Å²) < 4.78 is 3.43. The van der Waals surface area contributed by atoms with Crippen LogP contribution in [0.5, 0.6) is 0 Å². The van der Waals surface area contributed by atoms with Crippen LogP contribution in [0.2, 0.25) is 7.25 Å². The molecule has 0 aliphatic heterocycles. The van der Waals surface area contributed by atoms with Crippen molar-refractivity contribution in [2.24, 2.45) is 11.8 Å². The van der Waals surface area contributed by atoms with E-state index in [-0.39, 0.29) is 24.8 Å². The zero-order chi connectivity index (χ0) is 19.8. The first-order valence-corrected chi connectivity index (χ1v) is 15.6. The first-order chi connectivity index (χ1) is 14.2. The molecule has 0 aromatic heterocycles. The van der Waals surface area contributed by atoms with E-state index in [1.54, 1.807) is 22.3 Å². The van der Waals surface area contributed by atoms with Gasteiger partial charge in [-0.15, -0.1) is 0 Å². The van der Waals surface area contributed by atoms with Crippen molar-refractivity contribution < 1.29 is 46.1 Å². The molecule has 1 saturated carbocycles. The van der Waals surface area contributed by atoms with Crippen LogP contribution in [-0.2, 0) is 21.3 Å². The molecule has 0 heterocycles. The molecule has 4 unspecified atom stereocenters. The summed E-state index contributed by atoms with van der Waals surface area (Å²) in [6.07, 6.45) is 36.0. The van der Waals surface area contributed by atoms with Crippen LogP contribution >= 0.6 is 0 Å². The van der Waals surface area contributed by atoms with Crippen LogP contribution in [0.4, 0.5) is 0 Å². The van der Waals surface area contributed by atoms with E-state index in [0.29, 0.717) is 19.1 Å². The molecular formula is C28H32Cl2Zr. The average Bonchev–Trinajstić information content (AvgIpc) is 3.23. The van der Waals surface area contributed by atoms with E-state index in [1.165, 1.54) is 32.1 Å². The van der Waals surface area contributed by atoms with Crippen LogP contribution in [0.3, 0.4) is 0 Å². The monoisotopic (exact) mass is 528 g/mol. The van der Waals surface area contributed by atoms with Gasteiger partial charge in [-0.3, -0.25) is 0 Å². The quantitative estimate of drug-likeness (QED) is 0.509. The Balaban J connectivity index is 0.00000136. The maximum absolute atomic E-state index is 2.62. The van der Waals surface area contributed by atoms with Gasteiger partial charge in [0.25, 0.3) is 0 Å². The van der Waals surface area contributed by atoms with Gasteiger partial charge in [0, 0.05) is 0 Å². The molecule has 5 rings (SSSR count). The Labute approximate surface area is 208 Å². The van der Waals surface area contributed by atoms with E-state index in [9.17, 15) is 0 Å². The number of halogens is 2. The molecule has 0 aromatic carbocycles. The van der Waals surface area contributed by atoms with E-state index < -0.39 is 21.3 Å². The third-order valence-corrected chi connectivity index (χ3v) is 16.4. The van der Waals surface area contributed by atoms with Gasteiger partial charge >= 0.3 is 185 Å². The molecule has 0 nitrogen and oxygen atoms in total. The summed E-state index contributed by atoms with van der Waals surface area (Å²) in [7, 11) is 0. The van der Waals surface area contributed by atoms with Crippen LogP contribution in [0.15, 0.2) is 95.2 Å². The van der Waals surface area contributed by atoms with Crippen molar-refractivity contribution in [2.75, 3.05) is 0 Å². The largest absolute Gasteiger partial charge is 1.00 e. The molecule has 5 aliphatic carbocycles. The third-order valence-electron chi connectivity index (χ3n) is 7.36. The first-order valence-electron chi connectivity index (χ1n) is 11.5.